The molecule has 13 atom stereocenters. The van der Waals surface area contributed by atoms with Gasteiger partial charge in [-0.2, -0.15) is 0 Å². The minimum absolute atomic E-state index is 0.0117. The number of unbranched alkanes of at least 4 members (excludes halogenated alkanes) is 1. The molecule has 446 valence electrons. The lowest BCUT2D eigenvalue weighted by Gasteiger charge is -2.43. The summed E-state index contributed by atoms with van der Waals surface area (Å²) in [5.41, 5.74) is 33.7. The van der Waals surface area contributed by atoms with Crippen molar-refractivity contribution in [1.29, 1.82) is 0 Å². The molecule has 0 aromatic rings. The number of hydrogen-bond donors (Lipinski definition) is 18. The lowest BCUT2D eigenvalue weighted by molar-refractivity contribution is -0.281. The Bertz CT molecular complexity index is 2190. The van der Waals surface area contributed by atoms with Crippen molar-refractivity contribution in [2.24, 2.45) is 39.4 Å². The van der Waals surface area contributed by atoms with Crippen molar-refractivity contribution in [1.82, 2.24) is 42.1 Å². The molecule has 0 radical (unpaired) electrons. The fourth-order valence-electron chi connectivity index (χ4n) is 8.26. The molecule has 0 bridgehead atoms. The number of nitrogens with one attached hydrogen (secondary N) is 7. The van der Waals surface area contributed by atoms with E-state index in [0.29, 0.717) is 6.42 Å². The van der Waals surface area contributed by atoms with Gasteiger partial charge >= 0.3 is 11.9 Å². The highest BCUT2D eigenvalue weighted by atomic mass is 16.7. The van der Waals surface area contributed by atoms with Gasteiger partial charge in [-0.15, -0.1) is 0 Å². The fraction of sp³-hybridized carbons (Fsp3) is 0.711. The Labute approximate surface area is 452 Å². The summed E-state index contributed by atoms with van der Waals surface area (Å²) in [6, 6.07) is -12.4. The van der Waals surface area contributed by atoms with Crippen LogP contribution < -0.4 is 71.6 Å². The number of likely N-dealkylation sites (tertiary alicyclic amines) is 1. The van der Waals surface area contributed by atoms with Gasteiger partial charge in [0.2, 0.25) is 59.1 Å². The molecule has 10 amide bonds. The van der Waals surface area contributed by atoms with Gasteiger partial charge in [-0.1, -0.05) is 0 Å². The second-order valence-corrected chi connectivity index (χ2v) is 18.7. The van der Waals surface area contributed by atoms with Crippen LogP contribution in [0.2, 0.25) is 0 Å². The molecular formula is C45H77N15O19. The number of aliphatic imine (C=N–C) groups is 1. The van der Waals surface area contributed by atoms with Crippen molar-refractivity contribution in [2.45, 2.75) is 170 Å². The number of hydrogen-bond acceptors (Lipinski definition) is 20. The van der Waals surface area contributed by atoms with E-state index in [9.17, 15) is 78.0 Å². The Balaban J connectivity index is 2.41. The number of rotatable bonds is 35. The van der Waals surface area contributed by atoms with Crippen LogP contribution in [0.1, 0.15) is 90.9 Å². The van der Waals surface area contributed by atoms with Gasteiger partial charge in [0.15, 0.2) is 12.2 Å². The van der Waals surface area contributed by atoms with Crippen LogP contribution in [0.4, 0.5) is 0 Å². The number of carboxylic acid groups (broad SMARTS) is 2. The molecule has 0 spiro atoms. The maximum absolute atomic E-state index is 14.5. The molecule has 2 aliphatic rings. The predicted octanol–water partition coefficient (Wildman–Crippen LogP) is -9.53. The van der Waals surface area contributed by atoms with Crippen molar-refractivity contribution in [3.63, 3.8) is 0 Å². The second kappa shape index (κ2) is 33.8. The number of nitrogens with zero attached hydrogens (tertiary/aromatic N) is 2. The zero-order chi connectivity index (χ0) is 59.7. The van der Waals surface area contributed by atoms with E-state index in [1.54, 1.807) is 0 Å². The summed E-state index contributed by atoms with van der Waals surface area (Å²) in [5.74, 6) is -13.0. The van der Waals surface area contributed by atoms with E-state index in [2.05, 4.69) is 36.9 Å². The molecule has 2 heterocycles. The van der Waals surface area contributed by atoms with Gasteiger partial charge in [0.05, 0.1) is 19.1 Å². The SMILES string of the molecule is CC(=O)N[C@H]1[C@@H](O[C@H](C)[C@H](N)C(=O)N[C@@H](CCCN=C(N)N)C(=O)N[C@@H](CCCCN)C(=O)N2CCC[C@H]2C(=O)N[C@@H](CCC(N)=O)C(=O)N[C@@H](CC(N)=O)C(=O)N[C@@H](CCC(=O)O)C(=O)NCC(=O)O)O[C@H](CO)[C@H](O)[C@@H]1O. The van der Waals surface area contributed by atoms with Crippen LogP contribution in [0.3, 0.4) is 0 Å². The monoisotopic (exact) mass is 1130 g/mol. The van der Waals surface area contributed by atoms with Crippen LogP contribution in [-0.4, -0.2) is 219 Å². The fourth-order valence-corrected chi connectivity index (χ4v) is 8.26. The molecule has 2 rings (SSSR count). The van der Waals surface area contributed by atoms with E-state index in [1.165, 1.54) is 6.92 Å². The Kier molecular flexibility index (Phi) is 29.0. The van der Waals surface area contributed by atoms with Crippen LogP contribution in [0, 0.1) is 0 Å². The first-order valence-electron chi connectivity index (χ1n) is 25.3. The van der Waals surface area contributed by atoms with Crippen molar-refractivity contribution >= 4 is 77.0 Å². The minimum Gasteiger partial charge on any atom is -0.481 e. The molecule has 0 aromatic heterocycles. The standard InChI is InChI=1S/C45H77N15O19/c1-20(78-44-34(54-21(2)62)36(70)35(69)28(19-61)79-44)33(49)42(76)57-22(8-5-15-52-45(50)51)38(72)58-25(7-3-4-14-46)43(77)60-16-6-9-27(60)41(75)56-24(10-12-29(47)63)39(73)59-26(17-30(48)64)40(74)55-23(11-13-31(65)66)37(71)53-18-32(67)68/h20,22-28,33-36,44,61,69-70H,3-19,46,49H2,1-2H3,(H2,47,63)(H2,48,64)(H,53,71)(H,54,62)(H,55,74)(H,56,75)(H,57,76)(H,58,72)(H,59,73)(H,65,66)(H,67,68)(H4,50,51,52)/t20-,22+,23+,24+,25+,26+,27+,28-,33+,34-,35+,36-,44+/m1/s1. The molecule has 34 heteroatoms. The third-order valence-corrected chi connectivity index (χ3v) is 12.4. The molecule has 79 heavy (non-hydrogen) atoms. The minimum atomic E-state index is -1.89. The topological polar surface area (TPSA) is 580 Å². The van der Waals surface area contributed by atoms with Crippen molar-refractivity contribution in [3.05, 3.63) is 0 Å². The molecule has 0 saturated carbocycles. The number of amides is 10. The molecule has 2 aliphatic heterocycles. The Morgan fingerprint density at radius 2 is 1.28 bits per heavy atom. The Morgan fingerprint density at radius 3 is 1.85 bits per heavy atom. The number of carboxylic acids is 2. The van der Waals surface area contributed by atoms with Crippen LogP contribution >= 0.6 is 0 Å². The molecule has 34 nitrogen and oxygen atoms in total. The van der Waals surface area contributed by atoms with Gasteiger partial charge in [-0.05, 0) is 71.3 Å². The number of nitrogens with two attached hydrogens (primary N) is 6. The van der Waals surface area contributed by atoms with Gasteiger partial charge in [0.1, 0.15) is 73.2 Å². The van der Waals surface area contributed by atoms with E-state index in [-0.39, 0.29) is 64.1 Å². The number of primary amides is 2. The molecule has 2 fully saturated rings. The average molecular weight is 1130 g/mol. The molecule has 0 aliphatic carbocycles. The summed E-state index contributed by atoms with van der Waals surface area (Å²) in [6.45, 7) is 0.909. The second-order valence-electron chi connectivity index (χ2n) is 18.7. The number of aliphatic hydroxyl groups excluding tert-OH is 3. The normalized spacial score (nSPS) is 21.4. The predicted molar refractivity (Wildman–Crippen MR) is 271 cm³/mol. The summed E-state index contributed by atoms with van der Waals surface area (Å²) in [7, 11) is 0. The smallest absolute Gasteiger partial charge is 0.322 e. The van der Waals surface area contributed by atoms with Crippen molar-refractivity contribution in [3.8, 4) is 0 Å². The Morgan fingerprint density at radius 1 is 0.709 bits per heavy atom. The van der Waals surface area contributed by atoms with E-state index in [1.807, 2.05) is 5.32 Å². The first-order valence-corrected chi connectivity index (χ1v) is 25.3. The summed E-state index contributed by atoms with van der Waals surface area (Å²) in [6.07, 6.45) is -9.91. The Hall–Kier alpha value is -7.37. The van der Waals surface area contributed by atoms with Gasteiger partial charge in [-0.25, -0.2) is 0 Å². The number of ether oxygens (including phenoxy) is 2. The van der Waals surface area contributed by atoms with Crippen LogP contribution in [0.15, 0.2) is 4.99 Å². The molecular weight excluding hydrogens is 1050 g/mol. The van der Waals surface area contributed by atoms with E-state index >= 15 is 0 Å². The van der Waals surface area contributed by atoms with Crippen LogP contribution in [0.25, 0.3) is 0 Å². The maximum Gasteiger partial charge on any atom is 0.322 e. The molecule has 0 aromatic carbocycles. The maximum atomic E-state index is 14.5. The first kappa shape index (κ1) is 67.7. The van der Waals surface area contributed by atoms with Crippen molar-refractivity contribution < 1.29 is 92.5 Å². The van der Waals surface area contributed by atoms with Gasteiger partial charge in [0, 0.05) is 32.9 Å². The largest absolute Gasteiger partial charge is 0.481 e. The highest BCUT2D eigenvalue weighted by Crippen LogP contribution is 2.24. The summed E-state index contributed by atoms with van der Waals surface area (Å²) < 4.78 is 11.4. The molecule has 0 unspecified atom stereocenters. The van der Waals surface area contributed by atoms with E-state index in [0.717, 1.165) is 11.8 Å². The lowest BCUT2D eigenvalue weighted by Crippen LogP contribution is -2.65. The van der Waals surface area contributed by atoms with E-state index in [4.69, 9.17) is 49.0 Å². The highest BCUT2D eigenvalue weighted by molar-refractivity contribution is 5.99. The van der Waals surface area contributed by atoms with Crippen LogP contribution in [0.5, 0.6) is 0 Å². The van der Waals surface area contributed by atoms with E-state index < -0.39 is 195 Å². The van der Waals surface area contributed by atoms with Crippen LogP contribution in [-0.2, 0) is 67.0 Å². The highest BCUT2D eigenvalue weighted by Gasteiger charge is 2.47. The number of aliphatic carboxylic acids is 2. The lowest BCUT2D eigenvalue weighted by atomic mass is 9.96. The van der Waals surface area contributed by atoms with Gasteiger partial charge in [-0.3, -0.25) is 62.5 Å². The summed E-state index contributed by atoms with van der Waals surface area (Å²) in [4.78, 5) is 160. The average Bonchev–Trinajstić information content (AvgIpc) is 3.87. The molecule has 24 N–H and O–H groups in total. The van der Waals surface area contributed by atoms with Crippen molar-refractivity contribution in [2.75, 3.05) is 32.8 Å². The summed E-state index contributed by atoms with van der Waals surface area (Å²) in [5, 5.41) is 65.3. The number of carbonyl (C=O) groups excluding carboxylic acids is 10. The number of carbonyl (C=O) groups is 12. The quantitative estimate of drug-likeness (QED) is 0.0159. The third-order valence-electron chi connectivity index (χ3n) is 12.4. The zero-order valence-corrected chi connectivity index (χ0v) is 43.8. The zero-order valence-electron chi connectivity index (χ0n) is 43.8. The van der Waals surface area contributed by atoms with Gasteiger partial charge in [0.25, 0.3) is 0 Å². The molecule has 2 saturated heterocycles. The summed E-state index contributed by atoms with van der Waals surface area (Å²) >= 11 is 0. The van der Waals surface area contributed by atoms with Gasteiger partial charge < -0.3 is 112 Å². The first-order chi connectivity index (χ1) is 37.1. The third kappa shape index (κ3) is 23.2. The number of guanidine groups is 1. The number of aliphatic hydroxyl groups is 3.